The second-order valence-electron chi connectivity index (χ2n) is 6.82. The lowest BCUT2D eigenvalue weighted by Crippen LogP contribution is -2.47. The molecule has 1 N–H and O–H groups in total. The van der Waals surface area contributed by atoms with Crippen LogP contribution < -0.4 is 0 Å². The summed E-state index contributed by atoms with van der Waals surface area (Å²) >= 11 is 6.14. The molecule has 1 aromatic heterocycles. The van der Waals surface area contributed by atoms with Crippen molar-refractivity contribution in [2.75, 3.05) is 33.2 Å². The minimum Gasteiger partial charge on any atom is -0.478 e. The number of nitrogens with zero attached hydrogens (tertiary/aromatic N) is 3. The highest BCUT2D eigenvalue weighted by Gasteiger charge is 2.29. The van der Waals surface area contributed by atoms with E-state index in [2.05, 4.69) is 9.88 Å². The van der Waals surface area contributed by atoms with Gasteiger partial charge < -0.3 is 14.9 Å². The zero-order valence-electron chi connectivity index (χ0n) is 15.6. The molecule has 2 heterocycles. The summed E-state index contributed by atoms with van der Waals surface area (Å²) in [7, 11) is 2.01. The maximum atomic E-state index is 13.3. The first-order valence-electron chi connectivity index (χ1n) is 8.78. The van der Waals surface area contributed by atoms with Gasteiger partial charge in [0.1, 0.15) is 0 Å². The Balaban J connectivity index is 2.22. The largest absolute Gasteiger partial charge is 0.478 e. The number of amides is 1. The standard InChI is InChI=1S/C20H22ClN3O3/c1-12-16(19(25)24-9-7-23(3)8-10-24)18(14-5-4-6-15(21)11-14)17(20(26)27)13(2)22-12/h4-6,11H,7-10H2,1-3H3,(H,26,27). The molecular formula is C20H22ClN3O3. The Morgan fingerprint density at radius 2 is 1.70 bits per heavy atom. The normalized spacial score (nSPS) is 15.0. The third-order valence-electron chi connectivity index (χ3n) is 4.89. The predicted octanol–water partition coefficient (Wildman–Crippen LogP) is 3.10. The summed E-state index contributed by atoms with van der Waals surface area (Å²) in [5.74, 6) is -1.30. The van der Waals surface area contributed by atoms with Crippen LogP contribution in [-0.2, 0) is 0 Å². The van der Waals surface area contributed by atoms with Crippen LogP contribution in [0.1, 0.15) is 32.1 Å². The highest BCUT2D eigenvalue weighted by Crippen LogP contribution is 2.33. The topological polar surface area (TPSA) is 73.7 Å². The molecule has 0 atom stereocenters. The minimum absolute atomic E-state index is 0.0420. The van der Waals surface area contributed by atoms with Crippen LogP contribution in [0.3, 0.4) is 0 Å². The molecule has 3 rings (SSSR count). The molecule has 0 saturated carbocycles. The molecule has 27 heavy (non-hydrogen) atoms. The fourth-order valence-electron chi connectivity index (χ4n) is 3.47. The molecule has 6 nitrogen and oxygen atoms in total. The molecule has 2 aromatic rings. The van der Waals surface area contributed by atoms with Crippen LogP contribution in [0.25, 0.3) is 11.1 Å². The molecule has 1 aliphatic rings. The van der Waals surface area contributed by atoms with Crippen molar-refractivity contribution < 1.29 is 14.7 Å². The number of aromatic carboxylic acids is 1. The molecule has 1 amide bonds. The first-order valence-corrected chi connectivity index (χ1v) is 9.15. The number of hydrogen-bond donors (Lipinski definition) is 1. The lowest BCUT2D eigenvalue weighted by atomic mass is 9.91. The molecule has 0 spiro atoms. The van der Waals surface area contributed by atoms with E-state index in [0.29, 0.717) is 46.2 Å². The van der Waals surface area contributed by atoms with Gasteiger partial charge in [0.25, 0.3) is 5.91 Å². The van der Waals surface area contributed by atoms with Crippen molar-refractivity contribution in [3.8, 4) is 11.1 Å². The maximum absolute atomic E-state index is 13.3. The maximum Gasteiger partial charge on any atom is 0.338 e. The summed E-state index contributed by atoms with van der Waals surface area (Å²) in [6, 6.07) is 6.92. The lowest BCUT2D eigenvalue weighted by molar-refractivity contribution is 0.0663. The summed E-state index contributed by atoms with van der Waals surface area (Å²) in [6.45, 7) is 6.15. The van der Waals surface area contributed by atoms with Crippen molar-refractivity contribution in [1.82, 2.24) is 14.8 Å². The van der Waals surface area contributed by atoms with E-state index in [9.17, 15) is 14.7 Å². The van der Waals surface area contributed by atoms with Crippen molar-refractivity contribution in [2.45, 2.75) is 13.8 Å². The van der Waals surface area contributed by atoms with Gasteiger partial charge in [-0.05, 0) is 38.6 Å². The molecule has 1 saturated heterocycles. The third-order valence-corrected chi connectivity index (χ3v) is 5.13. The highest BCUT2D eigenvalue weighted by atomic mass is 35.5. The molecule has 0 radical (unpaired) electrons. The van der Waals surface area contributed by atoms with Crippen molar-refractivity contribution >= 4 is 23.5 Å². The number of carboxylic acid groups (broad SMARTS) is 1. The number of likely N-dealkylation sites (N-methyl/N-ethyl adjacent to an activating group) is 1. The Kier molecular flexibility index (Phi) is 5.48. The highest BCUT2D eigenvalue weighted by molar-refractivity contribution is 6.31. The fourth-order valence-corrected chi connectivity index (χ4v) is 3.66. The number of pyridine rings is 1. The number of carboxylic acids is 1. The molecule has 0 aliphatic carbocycles. The predicted molar refractivity (Wildman–Crippen MR) is 105 cm³/mol. The van der Waals surface area contributed by atoms with Crippen LogP contribution >= 0.6 is 11.6 Å². The average molecular weight is 388 g/mol. The van der Waals surface area contributed by atoms with Crippen molar-refractivity contribution in [1.29, 1.82) is 0 Å². The quantitative estimate of drug-likeness (QED) is 0.875. The number of halogens is 1. The van der Waals surface area contributed by atoms with Gasteiger partial charge >= 0.3 is 5.97 Å². The fraction of sp³-hybridized carbons (Fsp3) is 0.350. The Morgan fingerprint density at radius 3 is 2.30 bits per heavy atom. The number of carbonyl (C=O) groups excluding carboxylic acids is 1. The number of hydrogen-bond acceptors (Lipinski definition) is 4. The molecule has 1 aliphatic heterocycles. The second-order valence-corrected chi connectivity index (χ2v) is 7.26. The van der Waals surface area contributed by atoms with Crippen LogP contribution in [0.15, 0.2) is 24.3 Å². The number of aromatic nitrogens is 1. The zero-order chi connectivity index (χ0) is 19.7. The van der Waals surface area contributed by atoms with Crippen LogP contribution in [0.2, 0.25) is 5.02 Å². The number of benzene rings is 1. The van der Waals surface area contributed by atoms with Gasteiger partial charge in [-0.2, -0.15) is 0 Å². The summed E-state index contributed by atoms with van der Waals surface area (Å²) in [5.41, 5.74) is 2.27. The van der Waals surface area contributed by atoms with Gasteiger partial charge in [-0.25, -0.2) is 4.79 Å². The van der Waals surface area contributed by atoms with E-state index in [1.54, 1.807) is 43.0 Å². The molecule has 7 heteroatoms. The third kappa shape index (κ3) is 3.82. The van der Waals surface area contributed by atoms with E-state index in [1.165, 1.54) is 0 Å². The average Bonchev–Trinajstić information content (AvgIpc) is 2.60. The lowest BCUT2D eigenvalue weighted by Gasteiger charge is -2.33. The van der Waals surface area contributed by atoms with Gasteiger partial charge in [0, 0.05) is 36.8 Å². The van der Waals surface area contributed by atoms with E-state index in [4.69, 9.17) is 11.6 Å². The molecular weight excluding hydrogens is 366 g/mol. The van der Waals surface area contributed by atoms with Crippen LogP contribution in [0, 0.1) is 13.8 Å². The molecule has 0 unspecified atom stereocenters. The van der Waals surface area contributed by atoms with Gasteiger partial charge in [-0.1, -0.05) is 23.7 Å². The smallest absolute Gasteiger partial charge is 0.338 e. The van der Waals surface area contributed by atoms with Gasteiger partial charge in [-0.3, -0.25) is 9.78 Å². The van der Waals surface area contributed by atoms with E-state index >= 15 is 0 Å². The van der Waals surface area contributed by atoms with E-state index < -0.39 is 5.97 Å². The molecule has 1 aromatic carbocycles. The SMILES string of the molecule is Cc1nc(C)c(C(=O)N2CCN(C)CC2)c(-c2cccc(Cl)c2)c1C(=O)O. The summed E-state index contributed by atoms with van der Waals surface area (Å²) < 4.78 is 0. The Bertz CT molecular complexity index is 906. The van der Waals surface area contributed by atoms with E-state index in [-0.39, 0.29) is 11.5 Å². The van der Waals surface area contributed by atoms with E-state index in [1.807, 2.05) is 7.05 Å². The summed E-state index contributed by atoms with van der Waals surface area (Å²) in [5, 5.41) is 10.3. The van der Waals surface area contributed by atoms with Gasteiger partial charge in [0.2, 0.25) is 0 Å². The first kappa shape index (κ1) is 19.3. The summed E-state index contributed by atoms with van der Waals surface area (Å²) in [6.07, 6.45) is 0. The number of piperazine rings is 1. The summed E-state index contributed by atoms with van der Waals surface area (Å²) in [4.78, 5) is 33.6. The van der Waals surface area contributed by atoms with Crippen molar-refractivity contribution in [2.24, 2.45) is 0 Å². The number of rotatable bonds is 3. The van der Waals surface area contributed by atoms with Crippen LogP contribution in [-0.4, -0.2) is 65.0 Å². The Hall–Kier alpha value is -2.44. The minimum atomic E-state index is -1.11. The zero-order valence-corrected chi connectivity index (χ0v) is 16.4. The van der Waals surface area contributed by atoms with Gasteiger partial charge in [0.05, 0.1) is 22.5 Å². The number of aryl methyl sites for hydroxylation is 2. The van der Waals surface area contributed by atoms with Gasteiger partial charge in [0.15, 0.2) is 0 Å². The van der Waals surface area contributed by atoms with Crippen LogP contribution in [0.5, 0.6) is 0 Å². The second kappa shape index (κ2) is 7.66. The molecule has 142 valence electrons. The first-order chi connectivity index (χ1) is 12.8. The Labute approximate surface area is 163 Å². The number of carbonyl (C=O) groups is 2. The van der Waals surface area contributed by atoms with Crippen molar-refractivity contribution in [3.63, 3.8) is 0 Å². The van der Waals surface area contributed by atoms with E-state index in [0.717, 1.165) is 13.1 Å². The van der Waals surface area contributed by atoms with Crippen molar-refractivity contribution in [3.05, 3.63) is 51.8 Å². The Morgan fingerprint density at radius 1 is 1.07 bits per heavy atom. The molecule has 1 fully saturated rings. The van der Waals surface area contributed by atoms with Gasteiger partial charge in [-0.15, -0.1) is 0 Å². The monoisotopic (exact) mass is 387 g/mol. The van der Waals surface area contributed by atoms with Crippen LogP contribution in [0.4, 0.5) is 0 Å². The molecule has 0 bridgehead atoms.